The largest absolute Gasteiger partial charge is 0.492 e. The van der Waals surface area contributed by atoms with E-state index in [1.165, 1.54) is 45.2 Å². The second-order valence-electron chi connectivity index (χ2n) is 8.96. The number of anilines is 1. The molecule has 0 radical (unpaired) electrons. The Morgan fingerprint density at radius 1 is 1.10 bits per heavy atom. The predicted octanol–water partition coefficient (Wildman–Crippen LogP) is 4.34. The third-order valence-electron chi connectivity index (χ3n) is 6.90. The molecule has 0 bridgehead atoms. The topological polar surface area (TPSA) is 59.4 Å². The van der Waals surface area contributed by atoms with E-state index < -0.39 is 0 Å². The zero-order valence-corrected chi connectivity index (χ0v) is 17.7. The molecule has 1 aliphatic carbocycles. The summed E-state index contributed by atoms with van der Waals surface area (Å²) in [5.74, 6) is 1.90. The molecule has 1 aromatic heterocycles. The molecule has 2 aliphatic heterocycles. The highest BCUT2D eigenvalue weighted by atomic mass is 16.5. The van der Waals surface area contributed by atoms with Gasteiger partial charge in [-0.1, -0.05) is 31.4 Å². The highest BCUT2D eigenvalue weighted by molar-refractivity contribution is 5.94. The number of amides is 1. The van der Waals surface area contributed by atoms with E-state index in [1.807, 2.05) is 18.3 Å². The number of fused-ring (bicyclic) bond motifs is 1. The Morgan fingerprint density at radius 3 is 2.77 bits per heavy atom. The lowest BCUT2D eigenvalue weighted by Gasteiger charge is -2.26. The van der Waals surface area contributed by atoms with Gasteiger partial charge in [0.25, 0.3) is 0 Å². The summed E-state index contributed by atoms with van der Waals surface area (Å²) in [5.41, 5.74) is 2.26. The van der Waals surface area contributed by atoms with Gasteiger partial charge >= 0.3 is 0 Å². The standard InChI is InChI=1S/C24H32N4O2/c29-23-16-21(22-17-25-28(24(22)26-23)19-8-2-3-9-19)18-7-6-10-20(15-18)30-14-13-27-11-4-1-5-12-27/h6-7,10,15,17,19,21H,1-5,8-9,11-14,16H2,(H,26,29). The lowest BCUT2D eigenvalue weighted by atomic mass is 9.87. The number of nitrogens with zero attached hydrogens (tertiary/aromatic N) is 3. The van der Waals surface area contributed by atoms with Crippen LogP contribution >= 0.6 is 0 Å². The normalized spacial score (nSPS) is 22.7. The number of nitrogens with one attached hydrogen (secondary N) is 1. The van der Waals surface area contributed by atoms with Gasteiger partial charge in [-0.05, 0) is 56.5 Å². The second kappa shape index (κ2) is 8.80. The van der Waals surface area contributed by atoms with Crippen molar-refractivity contribution in [3.05, 3.63) is 41.6 Å². The van der Waals surface area contributed by atoms with Gasteiger partial charge in [0, 0.05) is 24.4 Å². The monoisotopic (exact) mass is 408 g/mol. The number of piperidine rings is 1. The lowest BCUT2D eigenvalue weighted by molar-refractivity contribution is -0.116. The molecule has 1 saturated carbocycles. The molecule has 1 N–H and O–H groups in total. The van der Waals surface area contributed by atoms with E-state index in [1.54, 1.807) is 0 Å². The second-order valence-corrected chi connectivity index (χ2v) is 8.96. The number of carbonyl (C=O) groups is 1. The number of benzene rings is 1. The molecular weight excluding hydrogens is 376 g/mol. The Kier molecular flexibility index (Phi) is 5.75. The van der Waals surface area contributed by atoms with E-state index >= 15 is 0 Å². The van der Waals surface area contributed by atoms with Crippen molar-refractivity contribution < 1.29 is 9.53 Å². The van der Waals surface area contributed by atoms with Crippen LogP contribution in [0.5, 0.6) is 5.75 Å². The number of carbonyl (C=O) groups excluding carboxylic acids is 1. The van der Waals surface area contributed by atoms with Crippen molar-refractivity contribution in [2.75, 3.05) is 31.6 Å². The van der Waals surface area contributed by atoms with Crippen LogP contribution in [0.1, 0.15) is 74.5 Å². The summed E-state index contributed by atoms with van der Waals surface area (Å²) in [6.45, 7) is 4.07. The summed E-state index contributed by atoms with van der Waals surface area (Å²) < 4.78 is 8.14. The van der Waals surface area contributed by atoms with Gasteiger partial charge in [0.2, 0.25) is 5.91 Å². The van der Waals surface area contributed by atoms with Gasteiger partial charge in [0.15, 0.2) is 0 Å². The van der Waals surface area contributed by atoms with Gasteiger partial charge in [-0.3, -0.25) is 9.69 Å². The van der Waals surface area contributed by atoms with Crippen LogP contribution in [0.15, 0.2) is 30.5 Å². The highest BCUT2D eigenvalue weighted by Crippen LogP contribution is 2.41. The van der Waals surface area contributed by atoms with Crippen molar-refractivity contribution in [3.8, 4) is 5.75 Å². The van der Waals surface area contributed by atoms with E-state index in [2.05, 4.69) is 32.1 Å². The number of aromatic nitrogens is 2. The van der Waals surface area contributed by atoms with Crippen LogP contribution in [0.3, 0.4) is 0 Å². The van der Waals surface area contributed by atoms with Gasteiger partial charge in [-0.2, -0.15) is 5.10 Å². The average Bonchev–Trinajstić information content (AvgIpc) is 3.44. The number of ether oxygens (including phenoxy) is 1. The minimum atomic E-state index is 0.0366. The van der Waals surface area contributed by atoms with Crippen LogP contribution in [0.4, 0.5) is 5.82 Å². The first-order chi connectivity index (χ1) is 14.8. The summed E-state index contributed by atoms with van der Waals surface area (Å²) in [7, 11) is 0. The molecule has 3 aliphatic rings. The third kappa shape index (κ3) is 4.10. The molecule has 160 valence electrons. The number of rotatable bonds is 6. The first kappa shape index (κ1) is 19.6. The molecule has 6 nitrogen and oxygen atoms in total. The fourth-order valence-electron chi connectivity index (χ4n) is 5.26. The van der Waals surface area contributed by atoms with E-state index in [9.17, 15) is 4.79 Å². The van der Waals surface area contributed by atoms with Crippen LogP contribution in [-0.2, 0) is 4.79 Å². The first-order valence-electron chi connectivity index (χ1n) is 11.6. The summed E-state index contributed by atoms with van der Waals surface area (Å²) in [4.78, 5) is 15.0. The Hall–Kier alpha value is -2.34. The molecule has 2 fully saturated rings. The van der Waals surface area contributed by atoms with Gasteiger partial charge in [0.1, 0.15) is 18.2 Å². The minimum absolute atomic E-state index is 0.0366. The molecule has 2 aromatic rings. The molecule has 3 heterocycles. The Bertz CT molecular complexity index is 881. The van der Waals surface area contributed by atoms with Crippen molar-refractivity contribution in [2.24, 2.45) is 0 Å². The van der Waals surface area contributed by atoms with Crippen LogP contribution in [0.25, 0.3) is 0 Å². The fourth-order valence-corrected chi connectivity index (χ4v) is 5.26. The zero-order chi connectivity index (χ0) is 20.3. The third-order valence-corrected chi connectivity index (χ3v) is 6.90. The maximum Gasteiger partial charge on any atom is 0.226 e. The maximum absolute atomic E-state index is 12.5. The number of hydrogen-bond acceptors (Lipinski definition) is 4. The smallest absolute Gasteiger partial charge is 0.226 e. The molecular formula is C24H32N4O2. The maximum atomic E-state index is 12.5. The molecule has 5 rings (SSSR count). The number of likely N-dealkylation sites (tertiary alicyclic amines) is 1. The zero-order valence-electron chi connectivity index (χ0n) is 17.7. The summed E-state index contributed by atoms with van der Waals surface area (Å²) in [6.07, 6.45) is 11.2. The van der Waals surface area contributed by atoms with E-state index in [0.717, 1.165) is 42.1 Å². The number of hydrogen-bond donors (Lipinski definition) is 1. The predicted molar refractivity (Wildman–Crippen MR) is 117 cm³/mol. The molecule has 1 amide bonds. The quantitative estimate of drug-likeness (QED) is 0.773. The minimum Gasteiger partial charge on any atom is -0.492 e. The Balaban J connectivity index is 1.31. The van der Waals surface area contributed by atoms with Crippen molar-refractivity contribution in [1.29, 1.82) is 0 Å². The van der Waals surface area contributed by atoms with Crippen LogP contribution < -0.4 is 10.1 Å². The van der Waals surface area contributed by atoms with Crippen LogP contribution in [0.2, 0.25) is 0 Å². The molecule has 30 heavy (non-hydrogen) atoms. The molecule has 1 aromatic carbocycles. The van der Waals surface area contributed by atoms with Gasteiger partial charge in [-0.25, -0.2) is 4.68 Å². The Morgan fingerprint density at radius 2 is 1.93 bits per heavy atom. The van der Waals surface area contributed by atoms with E-state index in [0.29, 0.717) is 19.1 Å². The van der Waals surface area contributed by atoms with Crippen LogP contribution in [0, 0.1) is 0 Å². The summed E-state index contributed by atoms with van der Waals surface area (Å²) in [5, 5.41) is 7.77. The van der Waals surface area contributed by atoms with Gasteiger partial charge in [-0.15, -0.1) is 0 Å². The van der Waals surface area contributed by atoms with Crippen molar-refractivity contribution >= 4 is 11.7 Å². The SMILES string of the molecule is O=C1CC(c2cccc(OCCN3CCCCC3)c2)c2cnn(C3CCCC3)c2N1. The molecule has 0 spiro atoms. The van der Waals surface area contributed by atoms with Gasteiger partial charge in [0.05, 0.1) is 12.2 Å². The molecule has 1 unspecified atom stereocenters. The molecule has 1 saturated heterocycles. The van der Waals surface area contributed by atoms with E-state index in [-0.39, 0.29) is 11.8 Å². The first-order valence-corrected chi connectivity index (χ1v) is 11.6. The van der Waals surface area contributed by atoms with E-state index in [4.69, 9.17) is 4.74 Å². The summed E-state index contributed by atoms with van der Waals surface area (Å²) in [6, 6.07) is 8.69. The molecule has 6 heteroatoms. The van der Waals surface area contributed by atoms with Crippen molar-refractivity contribution in [3.63, 3.8) is 0 Å². The average molecular weight is 409 g/mol. The molecule has 1 atom stereocenters. The van der Waals surface area contributed by atoms with Crippen molar-refractivity contribution in [1.82, 2.24) is 14.7 Å². The van der Waals surface area contributed by atoms with Crippen molar-refractivity contribution in [2.45, 2.75) is 63.3 Å². The van der Waals surface area contributed by atoms with Gasteiger partial charge < -0.3 is 10.1 Å². The fraction of sp³-hybridized carbons (Fsp3) is 0.583. The lowest BCUT2D eigenvalue weighted by Crippen LogP contribution is -2.33. The highest BCUT2D eigenvalue weighted by Gasteiger charge is 2.32. The Labute approximate surface area is 178 Å². The van der Waals surface area contributed by atoms with Crippen LogP contribution in [-0.4, -0.2) is 46.8 Å². The summed E-state index contributed by atoms with van der Waals surface area (Å²) >= 11 is 0.